The molecule has 0 unspecified atom stereocenters. The third-order valence-electron chi connectivity index (χ3n) is 2.88. The molecule has 0 aromatic heterocycles. The quantitative estimate of drug-likeness (QED) is 0.600. The predicted molar refractivity (Wildman–Crippen MR) is 101 cm³/mol. The number of anilines is 1. The number of carbonyl (C=O) groups is 2. The number of carbonyl (C=O) groups excluding carboxylic acids is 1. The van der Waals surface area contributed by atoms with E-state index < -0.39 is 11.9 Å². The molecule has 0 bridgehead atoms. The second-order valence-electron chi connectivity index (χ2n) is 4.51. The SMILES string of the molecule is O=C(O)c1cc(NC(=S)NC(=O)c2ccccc2Br)c(Cl)cc1Cl. The Hall–Kier alpha value is -1.67. The molecule has 2 aromatic carbocycles. The van der Waals surface area contributed by atoms with E-state index in [4.69, 9.17) is 40.5 Å². The van der Waals surface area contributed by atoms with Crippen LogP contribution >= 0.6 is 51.3 Å². The molecule has 2 aromatic rings. The zero-order chi connectivity index (χ0) is 17.9. The molecule has 0 aliphatic heterocycles. The minimum atomic E-state index is -1.21. The summed E-state index contributed by atoms with van der Waals surface area (Å²) < 4.78 is 0.614. The zero-order valence-electron chi connectivity index (χ0n) is 11.8. The fraction of sp³-hybridized carbons (Fsp3) is 0. The molecular formula is C15H9BrCl2N2O3S. The number of hydrogen-bond acceptors (Lipinski definition) is 3. The summed E-state index contributed by atoms with van der Waals surface area (Å²) in [5.74, 6) is -1.63. The molecule has 0 atom stereocenters. The number of rotatable bonds is 3. The number of carboxylic acids is 1. The summed E-state index contributed by atoms with van der Waals surface area (Å²) in [4.78, 5) is 23.3. The molecule has 1 amide bonds. The van der Waals surface area contributed by atoms with Gasteiger partial charge in [0.2, 0.25) is 0 Å². The highest BCUT2D eigenvalue weighted by atomic mass is 79.9. The van der Waals surface area contributed by atoms with Gasteiger partial charge < -0.3 is 10.4 Å². The Bertz CT molecular complexity index is 845. The van der Waals surface area contributed by atoms with Crippen LogP contribution in [-0.2, 0) is 0 Å². The van der Waals surface area contributed by atoms with Gasteiger partial charge in [-0.25, -0.2) is 4.79 Å². The molecule has 9 heteroatoms. The first-order valence-corrected chi connectivity index (χ1v) is 8.34. The average Bonchev–Trinajstić information content (AvgIpc) is 2.49. The lowest BCUT2D eigenvalue weighted by Gasteiger charge is -2.13. The summed E-state index contributed by atoms with van der Waals surface area (Å²) in [7, 11) is 0. The maximum absolute atomic E-state index is 12.2. The van der Waals surface area contributed by atoms with Crippen molar-refractivity contribution in [3.63, 3.8) is 0 Å². The molecule has 0 heterocycles. The van der Waals surface area contributed by atoms with E-state index in [0.29, 0.717) is 10.0 Å². The number of amides is 1. The van der Waals surface area contributed by atoms with Gasteiger partial charge in [0.25, 0.3) is 5.91 Å². The molecule has 0 spiro atoms. The minimum Gasteiger partial charge on any atom is -0.478 e. The molecule has 5 nitrogen and oxygen atoms in total. The van der Waals surface area contributed by atoms with E-state index in [1.807, 2.05) is 0 Å². The average molecular weight is 448 g/mol. The number of carboxylic acid groups (broad SMARTS) is 1. The summed E-state index contributed by atoms with van der Waals surface area (Å²) in [6.45, 7) is 0. The van der Waals surface area contributed by atoms with Crippen LogP contribution in [0.25, 0.3) is 0 Å². The first kappa shape index (κ1) is 18.7. The zero-order valence-corrected chi connectivity index (χ0v) is 15.7. The first-order valence-electron chi connectivity index (χ1n) is 6.38. The number of aromatic carboxylic acids is 1. The van der Waals surface area contributed by atoms with Gasteiger partial charge in [-0.05, 0) is 52.4 Å². The summed E-state index contributed by atoms with van der Waals surface area (Å²) in [5.41, 5.74) is 0.481. The molecule has 0 aliphatic rings. The van der Waals surface area contributed by atoms with Gasteiger partial charge in [0.1, 0.15) is 0 Å². The van der Waals surface area contributed by atoms with Gasteiger partial charge in [-0.15, -0.1) is 0 Å². The van der Waals surface area contributed by atoms with Gasteiger partial charge in [-0.3, -0.25) is 10.1 Å². The van der Waals surface area contributed by atoms with Crippen LogP contribution in [0, 0.1) is 0 Å². The lowest BCUT2D eigenvalue weighted by molar-refractivity contribution is 0.0697. The Morgan fingerprint density at radius 3 is 2.38 bits per heavy atom. The molecule has 0 saturated heterocycles. The van der Waals surface area contributed by atoms with Crippen molar-refractivity contribution in [1.82, 2.24) is 5.32 Å². The molecule has 0 radical (unpaired) electrons. The Kier molecular flexibility index (Phi) is 6.17. The van der Waals surface area contributed by atoms with E-state index in [1.54, 1.807) is 24.3 Å². The van der Waals surface area contributed by atoms with Crippen molar-refractivity contribution in [3.8, 4) is 0 Å². The molecule has 0 fully saturated rings. The van der Waals surface area contributed by atoms with Crippen molar-refractivity contribution in [2.24, 2.45) is 0 Å². The Morgan fingerprint density at radius 1 is 1.08 bits per heavy atom. The summed E-state index contributed by atoms with van der Waals surface area (Å²) in [6.07, 6.45) is 0. The number of nitrogens with one attached hydrogen (secondary N) is 2. The van der Waals surface area contributed by atoms with E-state index in [-0.39, 0.29) is 26.4 Å². The van der Waals surface area contributed by atoms with Crippen LogP contribution in [0.5, 0.6) is 0 Å². The van der Waals surface area contributed by atoms with Crippen molar-refractivity contribution >= 4 is 74.0 Å². The third kappa shape index (κ3) is 4.45. The number of benzene rings is 2. The van der Waals surface area contributed by atoms with Crippen LogP contribution in [-0.4, -0.2) is 22.1 Å². The van der Waals surface area contributed by atoms with Crippen LogP contribution in [0.2, 0.25) is 10.0 Å². The van der Waals surface area contributed by atoms with Gasteiger partial charge in [-0.2, -0.15) is 0 Å². The van der Waals surface area contributed by atoms with Crippen molar-refractivity contribution in [3.05, 3.63) is 62.0 Å². The first-order chi connectivity index (χ1) is 11.3. The second kappa shape index (κ2) is 7.94. The van der Waals surface area contributed by atoms with Crippen molar-refractivity contribution in [1.29, 1.82) is 0 Å². The topological polar surface area (TPSA) is 78.4 Å². The minimum absolute atomic E-state index is 0.00113. The highest BCUT2D eigenvalue weighted by Gasteiger charge is 2.15. The summed E-state index contributed by atoms with van der Waals surface area (Å²) in [5, 5.41) is 14.4. The van der Waals surface area contributed by atoms with Gasteiger partial charge >= 0.3 is 5.97 Å². The highest BCUT2D eigenvalue weighted by Crippen LogP contribution is 2.29. The van der Waals surface area contributed by atoms with Crippen LogP contribution in [0.1, 0.15) is 20.7 Å². The van der Waals surface area contributed by atoms with Gasteiger partial charge in [0, 0.05) is 4.47 Å². The number of thiocarbonyl (C=S) groups is 1. The van der Waals surface area contributed by atoms with E-state index in [9.17, 15) is 9.59 Å². The fourth-order valence-electron chi connectivity index (χ4n) is 1.78. The Balaban J connectivity index is 2.16. The molecule has 3 N–H and O–H groups in total. The molecule has 124 valence electrons. The smallest absolute Gasteiger partial charge is 0.337 e. The maximum Gasteiger partial charge on any atom is 0.337 e. The lowest BCUT2D eigenvalue weighted by Crippen LogP contribution is -2.34. The highest BCUT2D eigenvalue weighted by molar-refractivity contribution is 9.10. The van der Waals surface area contributed by atoms with Gasteiger partial charge in [-0.1, -0.05) is 35.3 Å². The van der Waals surface area contributed by atoms with E-state index in [1.165, 1.54) is 12.1 Å². The Morgan fingerprint density at radius 2 is 1.75 bits per heavy atom. The van der Waals surface area contributed by atoms with Crippen LogP contribution < -0.4 is 10.6 Å². The molecule has 0 saturated carbocycles. The van der Waals surface area contributed by atoms with E-state index in [0.717, 1.165) is 0 Å². The summed E-state index contributed by atoms with van der Waals surface area (Å²) >= 11 is 20.2. The summed E-state index contributed by atoms with van der Waals surface area (Å²) in [6, 6.07) is 9.36. The largest absolute Gasteiger partial charge is 0.478 e. The fourth-order valence-corrected chi connectivity index (χ4v) is 2.96. The maximum atomic E-state index is 12.2. The molecule has 24 heavy (non-hydrogen) atoms. The standard InChI is InChI=1S/C15H9BrCl2N2O3S/c16-9-4-2-1-3-7(9)13(21)20-15(24)19-12-5-8(14(22)23)10(17)6-11(12)18/h1-6H,(H,22,23)(H2,19,20,21,24). The predicted octanol–water partition coefficient (Wildman–Crippen LogP) is 4.58. The third-order valence-corrected chi connectivity index (χ3v) is 4.40. The monoisotopic (exact) mass is 446 g/mol. The van der Waals surface area contributed by atoms with Crippen LogP contribution in [0.15, 0.2) is 40.9 Å². The molecular weight excluding hydrogens is 439 g/mol. The number of hydrogen-bond donors (Lipinski definition) is 3. The lowest BCUT2D eigenvalue weighted by atomic mass is 10.2. The van der Waals surface area contributed by atoms with E-state index in [2.05, 4.69) is 26.6 Å². The van der Waals surface area contributed by atoms with Crippen LogP contribution in [0.3, 0.4) is 0 Å². The normalized spacial score (nSPS) is 10.1. The van der Waals surface area contributed by atoms with Gasteiger partial charge in [0.15, 0.2) is 5.11 Å². The second-order valence-corrected chi connectivity index (χ2v) is 6.58. The number of halogens is 3. The Labute approximate surface area is 161 Å². The van der Waals surface area contributed by atoms with Crippen molar-refractivity contribution in [2.45, 2.75) is 0 Å². The molecule has 2 rings (SSSR count). The molecule has 0 aliphatic carbocycles. The van der Waals surface area contributed by atoms with Crippen molar-refractivity contribution < 1.29 is 14.7 Å². The van der Waals surface area contributed by atoms with E-state index >= 15 is 0 Å². The van der Waals surface area contributed by atoms with Crippen molar-refractivity contribution in [2.75, 3.05) is 5.32 Å². The van der Waals surface area contributed by atoms with Crippen LogP contribution in [0.4, 0.5) is 5.69 Å². The van der Waals surface area contributed by atoms with Gasteiger partial charge in [0.05, 0.1) is 26.9 Å².